The number of carbonyl (C=O) groups excluding carboxylic acids is 1. The number of halogens is 2. The minimum atomic E-state index is -0.349. The van der Waals surface area contributed by atoms with Crippen LogP contribution in [0.2, 0.25) is 10.0 Å². The number of carbonyl (C=O) groups is 1. The molecular weight excluding hydrogens is 339 g/mol. The Balaban J connectivity index is 1.99. The Kier molecular flexibility index (Phi) is 5.96. The lowest BCUT2D eigenvalue weighted by Crippen LogP contribution is -2.28. The van der Waals surface area contributed by atoms with E-state index in [1.807, 2.05) is 0 Å². The second-order valence-electron chi connectivity index (χ2n) is 4.61. The van der Waals surface area contributed by atoms with Crippen molar-refractivity contribution in [3.8, 4) is 11.5 Å². The smallest absolute Gasteiger partial charge is 0.319 e. The molecule has 23 heavy (non-hydrogen) atoms. The van der Waals surface area contributed by atoms with Gasteiger partial charge in [0.2, 0.25) is 0 Å². The highest BCUT2D eigenvalue weighted by atomic mass is 35.5. The van der Waals surface area contributed by atoms with E-state index < -0.39 is 0 Å². The maximum atomic E-state index is 11.9. The Hall–Kier alpha value is -2.11. The molecule has 2 aromatic carbocycles. The molecule has 0 atom stereocenters. The number of benzene rings is 2. The van der Waals surface area contributed by atoms with Gasteiger partial charge in [-0.1, -0.05) is 23.2 Å². The third kappa shape index (κ3) is 4.68. The highest BCUT2D eigenvalue weighted by Crippen LogP contribution is 2.32. The van der Waals surface area contributed by atoms with Gasteiger partial charge in [0, 0.05) is 28.3 Å². The van der Waals surface area contributed by atoms with Crippen LogP contribution < -0.4 is 20.1 Å². The van der Waals surface area contributed by atoms with Crippen LogP contribution in [0.15, 0.2) is 36.4 Å². The first kappa shape index (κ1) is 17.2. The van der Waals surface area contributed by atoms with E-state index in [2.05, 4.69) is 10.6 Å². The Bertz CT molecular complexity index is 690. The molecule has 5 nitrogen and oxygen atoms in total. The van der Waals surface area contributed by atoms with E-state index in [-0.39, 0.29) is 12.6 Å². The maximum Gasteiger partial charge on any atom is 0.319 e. The summed E-state index contributed by atoms with van der Waals surface area (Å²) in [5, 5.41) is 6.52. The first-order valence-electron chi connectivity index (χ1n) is 6.74. The zero-order chi connectivity index (χ0) is 16.8. The fourth-order valence-electron chi connectivity index (χ4n) is 1.92. The largest absolute Gasteiger partial charge is 0.493 e. The van der Waals surface area contributed by atoms with E-state index in [4.69, 9.17) is 32.7 Å². The molecule has 0 aliphatic rings. The van der Waals surface area contributed by atoms with Gasteiger partial charge in [0.05, 0.1) is 14.2 Å². The fourth-order valence-corrected chi connectivity index (χ4v) is 2.26. The van der Waals surface area contributed by atoms with Crippen molar-refractivity contribution < 1.29 is 14.3 Å². The SMILES string of the molecule is COc1cc(Cl)c(CNC(=O)Nc2ccc(Cl)cc2)cc1OC. The van der Waals surface area contributed by atoms with Crippen LogP contribution in [0.3, 0.4) is 0 Å². The van der Waals surface area contributed by atoms with Gasteiger partial charge < -0.3 is 20.1 Å². The Morgan fingerprint density at radius 2 is 1.65 bits per heavy atom. The molecule has 2 N–H and O–H groups in total. The molecule has 0 saturated carbocycles. The molecule has 122 valence electrons. The summed E-state index contributed by atoms with van der Waals surface area (Å²) >= 11 is 12.0. The first-order chi connectivity index (χ1) is 11.0. The molecule has 2 rings (SSSR count). The quantitative estimate of drug-likeness (QED) is 0.839. The Morgan fingerprint density at radius 3 is 2.26 bits per heavy atom. The summed E-state index contributed by atoms with van der Waals surface area (Å²) in [5.74, 6) is 1.08. The molecule has 0 heterocycles. The van der Waals surface area contributed by atoms with E-state index in [1.54, 1.807) is 36.4 Å². The van der Waals surface area contributed by atoms with Gasteiger partial charge in [-0.15, -0.1) is 0 Å². The number of methoxy groups -OCH3 is 2. The molecule has 7 heteroatoms. The van der Waals surface area contributed by atoms with Crippen LogP contribution in [-0.4, -0.2) is 20.3 Å². The van der Waals surface area contributed by atoms with Crippen molar-refractivity contribution in [3.05, 3.63) is 52.0 Å². The third-order valence-electron chi connectivity index (χ3n) is 3.09. The molecule has 0 bridgehead atoms. The standard InChI is InChI=1S/C16H16Cl2N2O3/c1-22-14-7-10(13(18)8-15(14)23-2)9-19-16(21)20-12-5-3-11(17)4-6-12/h3-8H,9H2,1-2H3,(H2,19,20,21). The van der Waals surface area contributed by atoms with E-state index in [0.29, 0.717) is 27.2 Å². The number of anilines is 1. The Morgan fingerprint density at radius 1 is 1.04 bits per heavy atom. The summed E-state index contributed by atoms with van der Waals surface area (Å²) in [7, 11) is 3.07. The summed E-state index contributed by atoms with van der Waals surface area (Å²) in [4.78, 5) is 11.9. The number of hydrogen-bond acceptors (Lipinski definition) is 3. The second kappa shape index (κ2) is 7.94. The van der Waals surface area contributed by atoms with Crippen molar-refractivity contribution in [3.63, 3.8) is 0 Å². The van der Waals surface area contributed by atoms with Crippen molar-refractivity contribution in [1.29, 1.82) is 0 Å². The highest BCUT2D eigenvalue weighted by molar-refractivity contribution is 6.31. The minimum absolute atomic E-state index is 0.249. The van der Waals surface area contributed by atoms with Gasteiger partial charge in [-0.2, -0.15) is 0 Å². The van der Waals surface area contributed by atoms with Crippen LogP contribution >= 0.6 is 23.2 Å². The lowest BCUT2D eigenvalue weighted by molar-refractivity contribution is 0.251. The van der Waals surface area contributed by atoms with Crippen LogP contribution in [0.1, 0.15) is 5.56 Å². The van der Waals surface area contributed by atoms with Gasteiger partial charge in [-0.25, -0.2) is 4.79 Å². The third-order valence-corrected chi connectivity index (χ3v) is 3.70. The molecule has 0 saturated heterocycles. The summed E-state index contributed by atoms with van der Waals surface area (Å²) < 4.78 is 10.4. The molecule has 0 fully saturated rings. The minimum Gasteiger partial charge on any atom is -0.493 e. The zero-order valence-electron chi connectivity index (χ0n) is 12.7. The van der Waals surface area contributed by atoms with E-state index >= 15 is 0 Å². The molecule has 0 aliphatic carbocycles. The van der Waals surface area contributed by atoms with E-state index in [9.17, 15) is 4.79 Å². The highest BCUT2D eigenvalue weighted by Gasteiger charge is 2.11. The lowest BCUT2D eigenvalue weighted by Gasteiger charge is -2.13. The van der Waals surface area contributed by atoms with Gasteiger partial charge in [0.1, 0.15) is 0 Å². The predicted octanol–water partition coefficient (Wildman–Crippen LogP) is 4.33. The fraction of sp³-hybridized carbons (Fsp3) is 0.188. The summed E-state index contributed by atoms with van der Waals surface area (Å²) in [6.07, 6.45) is 0. The number of urea groups is 1. The summed E-state index contributed by atoms with van der Waals surface area (Å²) in [6, 6.07) is 9.85. The van der Waals surface area contributed by atoms with Crippen LogP contribution in [0.5, 0.6) is 11.5 Å². The molecule has 0 unspecified atom stereocenters. The molecule has 0 aliphatic heterocycles. The number of hydrogen-bond donors (Lipinski definition) is 2. The van der Waals surface area contributed by atoms with Crippen molar-refractivity contribution in [2.75, 3.05) is 19.5 Å². The molecule has 2 aromatic rings. The topological polar surface area (TPSA) is 59.6 Å². The monoisotopic (exact) mass is 354 g/mol. The zero-order valence-corrected chi connectivity index (χ0v) is 14.2. The summed E-state index contributed by atoms with van der Waals surface area (Å²) in [5.41, 5.74) is 1.36. The van der Waals surface area contributed by atoms with Gasteiger partial charge in [-0.3, -0.25) is 0 Å². The van der Waals surface area contributed by atoms with Crippen LogP contribution in [0.25, 0.3) is 0 Å². The van der Waals surface area contributed by atoms with Crippen molar-refractivity contribution >= 4 is 34.9 Å². The summed E-state index contributed by atoms with van der Waals surface area (Å²) in [6.45, 7) is 0.249. The predicted molar refractivity (Wildman–Crippen MR) is 91.9 cm³/mol. The first-order valence-corrected chi connectivity index (χ1v) is 7.50. The number of amides is 2. The van der Waals surface area contributed by atoms with Crippen molar-refractivity contribution in [2.45, 2.75) is 6.54 Å². The van der Waals surface area contributed by atoms with Crippen molar-refractivity contribution in [1.82, 2.24) is 5.32 Å². The van der Waals surface area contributed by atoms with Crippen molar-refractivity contribution in [2.24, 2.45) is 0 Å². The van der Waals surface area contributed by atoms with Crippen LogP contribution in [0.4, 0.5) is 10.5 Å². The molecule has 0 aromatic heterocycles. The van der Waals surface area contributed by atoms with Gasteiger partial charge in [0.25, 0.3) is 0 Å². The van der Waals surface area contributed by atoms with E-state index in [1.165, 1.54) is 14.2 Å². The number of ether oxygens (including phenoxy) is 2. The van der Waals surface area contributed by atoms with Gasteiger partial charge in [0.15, 0.2) is 11.5 Å². The molecule has 0 radical (unpaired) electrons. The lowest BCUT2D eigenvalue weighted by atomic mass is 10.2. The van der Waals surface area contributed by atoms with Crippen LogP contribution in [-0.2, 0) is 6.54 Å². The van der Waals surface area contributed by atoms with Gasteiger partial charge in [-0.05, 0) is 35.9 Å². The average Bonchev–Trinajstić information content (AvgIpc) is 2.55. The Labute approximate surface area is 144 Å². The van der Waals surface area contributed by atoms with Gasteiger partial charge >= 0.3 is 6.03 Å². The normalized spacial score (nSPS) is 10.1. The number of nitrogens with one attached hydrogen (secondary N) is 2. The second-order valence-corrected chi connectivity index (χ2v) is 5.46. The van der Waals surface area contributed by atoms with E-state index in [0.717, 1.165) is 5.56 Å². The molecule has 2 amide bonds. The molecular formula is C16H16Cl2N2O3. The number of rotatable bonds is 5. The van der Waals surface area contributed by atoms with Crippen LogP contribution in [0, 0.1) is 0 Å². The maximum absolute atomic E-state index is 11.9. The molecule has 0 spiro atoms. The average molecular weight is 355 g/mol.